The molecule has 30 heavy (non-hydrogen) atoms. The van der Waals surface area contributed by atoms with Crippen molar-refractivity contribution in [1.82, 2.24) is 15.1 Å². The van der Waals surface area contributed by atoms with Gasteiger partial charge >= 0.3 is 6.18 Å². The van der Waals surface area contributed by atoms with Gasteiger partial charge in [-0.2, -0.15) is 18.3 Å². The van der Waals surface area contributed by atoms with Gasteiger partial charge in [0.2, 0.25) is 0 Å². The average Bonchev–Trinajstić information content (AvgIpc) is 3.22. The lowest BCUT2D eigenvalue weighted by molar-refractivity contribution is -0.137. The van der Waals surface area contributed by atoms with Crippen LogP contribution >= 0.6 is 0 Å². The van der Waals surface area contributed by atoms with Crippen molar-refractivity contribution < 1.29 is 27.8 Å². The van der Waals surface area contributed by atoms with Gasteiger partial charge in [-0.1, -0.05) is 12.1 Å². The van der Waals surface area contributed by atoms with Crippen molar-refractivity contribution in [3.05, 3.63) is 47.7 Å². The molecule has 1 unspecified atom stereocenters. The molecule has 10 heteroatoms. The molecule has 2 heterocycles. The lowest BCUT2D eigenvalue weighted by Gasteiger charge is -2.30. The second kappa shape index (κ2) is 9.29. The van der Waals surface area contributed by atoms with Gasteiger partial charge in [-0.3, -0.25) is 4.79 Å². The molecule has 0 bridgehead atoms. The molecule has 0 radical (unpaired) electrons. The number of anilines is 1. The maximum Gasteiger partial charge on any atom is 0.420 e. The normalized spacial score (nSPS) is 16.6. The van der Waals surface area contributed by atoms with E-state index in [0.29, 0.717) is 25.3 Å². The minimum atomic E-state index is -4.54. The Kier molecular flexibility index (Phi) is 6.76. The first kappa shape index (κ1) is 21.8. The predicted molar refractivity (Wildman–Crippen MR) is 103 cm³/mol. The maximum atomic E-state index is 13.4. The Hall–Kier alpha value is -2.88. The molecular weight excluding hydrogens is 401 g/mol. The van der Waals surface area contributed by atoms with Crippen LogP contribution in [0.15, 0.2) is 36.5 Å². The van der Waals surface area contributed by atoms with Gasteiger partial charge in [0, 0.05) is 25.7 Å². The van der Waals surface area contributed by atoms with E-state index < -0.39 is 11.7 Å². The van der Waals surface area contributed by atoms with E-state index in [1.807, 2.05) is 0 Å². The Labute approximate surface area is 172 Å². The van der Waals surface area contributed by atoms with Crippen molar-refractivity contribution in [1.29, 1.82) is 0 Å². The molecule has 162 valence electrons. The Morgan fingerprint density at radius 2 is 2.03 bits per heavy atom. The summed E-state index contributed by atoms with van der Waals surface area (Å²) < 4.78 is 45.6. The maximum absolute atomic E-state index is 13.4. The number of nitrogens with zero attached hydrogens (tertiary/aromatic N) is 4. The van der Waals surface area contributed by atoms with Gasteiger partial charge in [-0.15, -0.1) is 5.10 Å². The van der Waals surface area contributed by atoms with E-state index in [0.717, 1.165) is 17.8 Å². The fraction of sp³-hybridized carbons (Fsp3) is 0.450. The number of amides is 1. The summed E-state index contributed by atoms with van der Waals surface area (Å²) in [6, 6.07) is 7.35. The molecule has 1 saturated heterocycles. The fourth-order valence-corrected chi connectivity index (χ4v) is 3.49. The lowest BCUT2D eigenvalue weighted by atomic mass is 10.2. The molecule has 1 N–H and O–H groups in total. The summed E-state index contributed by atoms with van der Waals surface area (Å²) in [6.45, 7) is 2.52. The molecule has 7 nitrogen and oxygen atoms in total. The van der Waals surface area contributed by atoms with Crippen molar-refractivity contribution in [2.24, 2.45) is 0 Å². The molecule has 0 aliphatic carbocycles. The van der Waals surface area contributed by atoms with Crippen LogP contribution in [0.25, 0.3) is 0 Å². The smallest absolute Gasteiger partial charge is 0.420 e. The minimum Gasteiger partial charge on any atom is -0.484 e. The average molecular weight is 424 g/mol. The first-order valence-electron chi connectivity index (χ1n) is 9.59. The van der Waals surface area contributed by atoms with E-state index in [2.05, 4.69) is 10.2 Å². The molecule has 2 aromatic rings. The van der Waals surface area contributed by atoms with Crippen LogP contribution in [0.5, 0.6) is 5.75 Å². The molecule has 1 atom stereocenters. The topological polar surface area (TPSA) is 78.8 Å². The van der Waals surface area contributed by atoms with Crippen LogP contribution in [0, 0.1) is 0 Å². The molecule has 1 aliphatic heterocycles. The number of carbonyl (C=O) groups excluding carboxylic acids is 1. The highest BCUT2D eigenvalue weighted by molar-refractivity contribution is 5.78. The summed E-state index contributed by atoms with van der Waals surface area (Å²) in [7, 11) is 0. The Morgan fingerprint density at radius 1 is 1.30 bits per heavy atom. The number of ether oxygens (including phenoxy) is 1. The van der Waals surface area contributed by atoms with Crippen molar-refractivity contribution in [2.75, 3.05) is 31.1 Å². The third-order valence-electron chi connectivity index (χ3n) is 5.04. The van der Waals surface area contributed by atoms with E-state index in [1.165, 1.54) is 0 Å². The van der Waals surface area contributed by atoms with Gasteiger partial charge in [-0.05, 0) is 37.1 Å². The number of aromatic nitrogens is 2. The van der Waals surface area contributed by atoms with Crippen LogP contribution in [-0.2, 0) is 17.6 Å². The number of carbonyl (C=O) groups is 1. The van der Waals surface area contributed by atoms with Gasteiger partial charge in [0.15, 0.2) is 12.4 Å². The van der Waals surface area contributed by atoms with E-state index >= 15 is 0 Å². The second-order valence-corrected chi connectivity index (χ2v) is 6.93. The Morgan fingerprint density at radius 3 is 2.67 bits per heavy atom. The quantitative estimate of drug-likeness (QED) is 0.736. The molecule has 1 amide bonds. The highest BCUT2D eigenvalue weighted by atomic mass is 19.4. The number of likely N-dealkylation sites (N-methyl/N-ethyl adjacent to an activating group) is 1. The molecule has 0 saturated carbocycles. The molecule has 1 aromatic carbocycles. The van der Waals surface area contributed by atoms with Crippen molar-refractivity contribution in [3.63, 3.8) is 0 Å². The standard InChI is InChI=1S/C20H23F3N4O3/c1-2-27(19-17(20(21,22)23)7-9-24-25-19)15-8-10-26(11-15)18(29)13-30-16-5-3-14(12-28)4-6-16/h3-7,9,15,28H,2,8,10-13H2,1H3. The number of halogens is 3. The molecule has 3 rings (SSSR count). The van der Waals surface area contributed by atoms with Crippen LogP contribution in [-0.4, -0.2) is 58.4 Å². The zero-order valence-corrected chi connectivity index (χ0v) is 16.5. The van der Waals surface area contributed by atoms with Crippen LogP contribution in [0.3, 0.4) is 0 Å². The summed E-state index contributed by atoms with van der Waals surface area (Å²) >= 11 is 0. The number of aliphatic hydroxyl groups excluding tert-OH is 1. The summed E-state index contributed by atoms with van der Waals surface area (Å²) in [4.78, 5) is 15.6. The molecule has 1 aliphatic rings. The van der Waals surface area contributed by atoms with Gasteiger partial charge in [-0.25, -0.2) is 0 Å². The highest BCUT2D eigenvalue weighted by Gasteiger charge is 2.39. The van der Waals surface area contributed by atoms with Gasteiger partial charge < -0.3 is 19.6 Å². The van der Waals surface area contributed by atoms with Crippen LogP contribution in [0.4, 0.5) is 19.0 Å². The largest absolute Gasteiger partial charge is 0.484 e. The summed E-state index contributed by atoms with van der Waals surface area (Å²) in [5.41, 5.74) is -0.100. The summed E-state index contributed by atoms with van der Waals surface area (Å²) in [5.74, 6) is 0.0443. The molecule has 1 aromatic heterocycles. The zero-order chi connectivity index (χ0) is 21.7. The fourth-order valence-electron chi connectivity index (χ4n) is 3.49. The van der Waals surface area contributed by atoms with E-state index in [-0.39, 0.29) is 37.5 Å². The van der Waals surface area contributed by atoms with Crippen LogP contribution < -0.4 is 9.64 Å². The molecule has 0 spiro atoms. The highest BCUT2D eigenvalue weighted by Crippen LogP contribution is 2.36. The van der Waals surface area contributed by atoms with Crippen molar-refractivity contribution >= 4 is 11.7 Å². The van der Waals surface area contributed by atoms with Crippen molar-refractivity contribution in [3.8, 4) is 5.75 Å². The number of hydrogen-bond acceptors (Lipinski definition) is 6. The number of alkyl halides is 3. The second-order valence-electron chi connectivity index (χ2n) is 6.93. The van der Waals surface area contributed by atoms with E-state index in [1.54, 1.807) is 41.0 Å². The third-order valence-corrected chi connectivity index (χ3v) is 5.04. The number of likely N-dealkylation sites (tertiary alicyclic amines) is 1. The predicted octanol–water partition coefficient (Wildman–Crippen LogP) is 2.49. The monoisotopic (exact) mass is 424 g/mol. The van der Waals surface area contributed by atoms with Gasteiger partial charge in [0.1, 0.15) is 11.3 Å². The third kappa shape index (κ3) is 4.99. The summed E-state index contributed by atoms with van der Waals surface area (Å²) in [6.07, 6.45) is -2.99. The van der Waals surface area contributed by atoms with Crippen molar-refractivity contribution in [2.45, 2.75) is 32.2 Å². The first-order valence-corrected chi connectivity index (χ1v) is 9.59. The first-order chi connectivity index (χ1) is 14.3. The van der Waals surface area contributed by atoms with Crippen LogP contribution in [0.1, 0.15) is 24.5 Å². The van der Waals surface area contributed by atoms with Crippen LogP contribution in [0.2, 0.25) is 0 Å². The molecular formula is C20H23F3N4O3. The number of aliphatic hydroxyl groups is 1. The van der Waals surface area contributed by atoms with E-state index in [9.17, 15) is 18.0 Å². The SMILES string of the molecule is CCN(c1nnccc1C(F)(F)F)C1CCN(C(=O)COc2ccc(CO)cc2)C1. The molecule has 1 fully saturated rings. The zero-order valence-electron chi connectivity index (χ0n) is 16.5. The summed E-state index contributed by atoms with van der Waals surface area (Å²) in [5, 5.41) is 16.4. The van der Waals surface area contributed by atoms with E-state index in [4.69, 9.17) is 9.84 Å². The van der Waals surface area contributed by atoms with Gasteiger partial charge in [0.05, 0.1) is 12.8 Å². The Bertz CT molecular complexity index is 861. The number of rotatable bonds is 7. The number of benzene rings is 1. The lowest BCUT2D eigenvalue weighted by Crippen LogP contribution is -2.41. The minimum absolute atomic E-state index is 0.0792. The number of hydrogen-bond donors (Lipinski definition) is 1. The van der Waals surface area contributed by atoms with Gasteiger partial charge in [0.25, 0.3) is 5.91 Å². The Balaban J connectivity index is 1.63.